The minimum Gasteiger partial charge on any atom is -0.258 e. The molecule has 1 rings (SSSR count). The van der Waals surface area contributed by atoms with Crippen LogP contribution in [-0.2, 0) is 10.0 Å². The maximum absolute atomic E-state index is 11.9. The number of nitrogens with zero attached hydrogens (tertiary/aromatic N) is 1. The van der Waals surface area contributed by atoms with E-state index in [1.54, 1.807) is 6.92 Å². The molecule has 1 aromatic carbocycles. The molecule has 0 radical (unpaired) electrons. The van der Waals surface area contributed by atoms with Gasteiger partial charge in [-0.2, -0.15) is 0 Å². The summed E-state index contributed by atoms with van der Waals surface area (Å²) in [5.41, 5.74) is -0.274. The Hall–Kier alpha value is -0.890. The van der Waals surface area contributed by atoms with Crippen LogP contribution in [0, 0.1) is 10.1 Å². The first-order chi connectivity index (χ1) is 8.27. The van der Waals surface area contributed by atoms with Crippen LogP contribution in [0.4, 0.5) is 5.69 Å². The molecule has 1 aromatic rings. The molecule has 1 atom stereocenters. The van der Waals surface area contributed by atoms with E-state index >= 15 is 0 Å². The molecular weight excluding hydrogens is 303 g/mol. The van der Waals surface area contributed by atoms with E-state index in [2.05, 4.69) is 4.72 Å². The maximum Gasteiger partial charge on any atom is 0.271 e. The van der Waals surface area contributed by atoms with Crippen LogP contribution in [-0.4, -0.2) is 25.3 Å². The fraction of sp³-hybridized carbons (Fsp3) is 0.333. The Morgan fingerprint density at radius 2 is 2.11 bits per heavy atom. The molecule has 0 aliphatic rings. The van der Waals surface area contributed by atoms with E-state index in [1.165, 1.54) is 0 Å². The number of nitrogens with one attached hydrogen (secondary N) is 1. The topological polar surface area (TPSA) is 89.3 Å². The molecule has 0 aliphatic carbocycles. The molecule has 100 valence electrons. The quantitative estimate of drug-likeness (QED) is 0.512. The number of hydrogen-bond donors (Lipinski definition) is 1. The van der Waals surface area contributed by atoms with Crippen LogP contribution in [0.5, 0.6) is 0 Å². The number of nitro groups is 1. The summed E-state index contributed by atoms with van der Waals surface area (Å²) >= 11 is 11.2. The molecule has 9 heteroatoms. The fourth-order valence-electron chi connectivity index (χ4n) is 1.18. The first kappa shape index (κ1) is 15.2. The number of sulfonamides is 1. The number of non-ortho nitro benzene ring substituents is 1. The lowest BCUT2D eigenvalue weighted by Gasteiger charge is -2.12. The number of rotatable bonds is 5. The summed E-state index contributed by atoms with van der Waals surface area (Å²) in [5, 5.41) is 10.3. The molecule has 0 bridgehead atoms. The molecule has 0 fully saturated rings. The smallest absolute Gasteiger partial charge is 0.258 e. The lowest BCUT2D eigenvalue weighted by atomic mass is 10.3. The average Bonchev–Trinajstić information content (AvgIpc) is 2.27. The van der Waals surface area contributed by atoms with Crippen LogP contribution >= 0.6 is 23.2 Å². The van der Waals surface area contributed by atoms with Gasteiger partial charge in [-0.15, -0.1) is 11.6 Å². The highest BCUT2D eigenvalue weighted by Gasteiger charge is 2.22. The first-order valence-corrected chi connectivity index (χ1v) is 7.19. The second-order valence-electron chi connectivity index (χ2n) is 3.55. The van der Waals surface area contributed by atoms with Crippen molar-refractivity contribution in [2.24, 2.45) is 0 Å². The summed E-state index contributed by atoms with van der Waals surface area (Å²) in [6.07, 6.45) is 0. The van der Waals surface area contributed by atoms with E-state index in [9.17, 15) is 18.5 Å². The number of halogens is 2. The average molecular weight is 313 g/mol. The molecule has 6 nitrogen and oxygen atoms in total. The van der Waals surface area contributed by atoms with Crippen molar-refractivity contribution in [3.63, 3.8) is 0 Å². The van der Waals surface area contributed by atoms with Gasteiger partial charge in [0.25, 0.3) is 5.69 Å². The van der Waals surface area contributed by atoms with Crippen molar-refractivity contribution in [2.45, 2.75) is 17.9 Å². The molecule has 0 aliphatic heterocycles. The summed E-state index contributed by atoms with van der Waals surface area (Å²) < 4.78 is 26.1. The highest BCUT2D eigenvalue weighted by Crippen LogP contribution is 2.26. The number of benzene rings is 1. The van der Waals surface area contributed by atoms with Gasteiger partial charge in [0.05, 0.1) is 9.95 Å². The van der Waals surface area contributed by atoms with E-state index in [0.717, 1.165) is 18.2 Å². The van der Waals surface area contributed by atoms with Crippen molar-refractivity contribution in [1.82, 2.24) is 4.72 Å². The van der Waals surface area contributed by atoms with Gasteiger partial charge in [0.2, 0.25) is 10.0 Å². The summed E-state index contributed by atoms with van der Waals surface area (Å²) in [6.45, 7) is 1.59. The zero-order chi connectivity index (χ0) is 13.9. The normalized spacial score (nSPS) is 13.3. The summed E-state index contributed by atoms with van der Waals surface area (Å²) in [4.78, 5) is 9.63. The molecule has 0 saturated heterocycles. The van der Waals surface area contributed by atoms with E-state index < -0.39 is 21.0 Å². The van der Waals surface area contributed by atoms with Crippen molar-refractivity contribution in [3.05, 3.63) is 33.3 Å². The molecule has 18 heavy (non-hydrogen) atoms. The Kier molecular flexibility index (Phi) is 4.92. The van der Waals surface area contributed by atoms with Gasteiger partial charge in [-0.25, -0.2) is 13.1 Å². The van der Waals surface area contributed by atoms with Crippen molar-refractivity contribution in [2.75, 3.05) is 5.88 Å². The molecule has 0 saturated carbocycles. The molecule has 1 unspecified atom stereocenters. The first-order valence-electron chi connectivity index (χ1n) is 4.80. The second-order valence-corrected chi connectivity index (χ2v) is 5.95. The molecule has 0 amide bonds. The van der Waals surface area contributed by atoms with E-state index in [-0.39, 0.29) is 21.5 Å². The van der Waals surface area contributed by atoms with Crippen LogP contribution in [0.15, 0.2) is 23.1 Å². The standard InChI is InChI=1S/C9H10Cl2N2O4S/c1-6(5-10)12-18(16,17)9-3-2-7(13(14)15)4-8(9)11/h2-4,6,12H,5H2,1H3. The Bertz CT molecular complexity index is 562. The third-order valence-electron chi connectivity index (χ3n) is 2.00. The summed E-state index contributed by atoms with van der Waals surface area (Å²) in [7, 11) is -3.83. The van der Waals surface area contributed by atoms with Crippen molar-refractivity contribution in [1.29, 1.82) is 0 Å². The predicted molar refractivity (Wildman–Crippen MR) is 68.6 cm³/mol. The largest absolute Gasteiger partial charge is 0.271 e. The van der Waals surface area contributed by atoms with Crippen molar-refractivity contribution in [3.8, 4) is 0 Å². The van der Waals surface area contributed by atoms with E-state index in [4.69, 9.17) is 23.2 Å². The fourth-order valence-corrected chi connectivity index (χ4v) is 3.13. The monoisotopic (exact) mass is 312 g/mol. The predicted octanol–water partition coefficient (Wildman–Crippen LogP) is 2.15. The SMILES string of the molecule is CC(CCl)NS(=O)(=O)c1ccc([N+](=O)[O-])cc1Cl. The molecule has 0 aromatic heterocycles. The third-order valence-corrected chi connectivity index (χ3v) is 4.54. The highest BCUT2D eigenvalue weighted by molar-refractivity contribution is 7.89. The van der Waals surface area contributed by atoms with Gasteiger partial charge in [-0.1, -0.05) is 11.6 Å². The lowest BCUT2D eigenvalue weighted by molar-refractivity contribution is -0.384. The maximum atomic E-state index is 11.9. The third kappa shape index (κ3) is 3.55. The van der Waals surface area contributed by atoms with Crippen molar-refractivity contribution < 1.29 is 13.3 Å². The Balaban J connectivity index is 3.14. The Morgan fingerprint density at radius 3 is 2.56 bits per heavy atom. The number of hydrogen-bond acceptors (Lipinski definition) is 4. The Morgan fingerprint density at radius 1 is 1.50 bits per heavy atom. The van der Waals surface area contributed by atoms with Gasteiger partial charge < -0.3 is 0 Å². The minimum absolute atomic E-state index is 0.101. The molecule has 1 N–H and O–H groups in total. The lowest BCUT2D eigenvalue weighted by Crippen LogP contribution is -2.33. The Labute approximate surface area is 114 Å². The van der Waals surface area contributed by atoms with Gasteiger partial charge in [0.15, 0.2) is 0 Å². The zero-order valence-corrected chi connectivity index (χ0v) is 11.6. The van der Waals surface area contributed by atoms with Crippen LogP contribution < -0.4 is 4.72 Å². The number of nitro benzene ring substituents is 1. The van der Waals surface area contributed by atoms with E-state index in [0.29, 0.717) is 0 Å². The number of alkyl halides is 1. The van der Waals surface area contributed by atoms with E-state index in [1.807, 2.05) is 0 Å². The van der Waals surface area contributed by atoms with Crippen LogP contribution in [0.1, 0.15) is 6.92 Å². The second kappa shape index (κ2) is 5.83. The molecule has 0 spiro atoms. The molecular formula is C9H10Cl2N2O4S. The van der Waals surface area contributed by atoms with Gasteiger partial charge in [-0.05, 0) is 13.0 Å². The van der Waals surface area contributed by atoms with Crippen LogP contribution in [0.25, 0.3) is 0 Å². The van der Waals surface area contributed by atoms with Gasteiger partial charge >= 0.3 is 0 Å². The van der Waals surface area contributed by atoms with Gasteiger partial charge in [0, 0.05) is 24.1 Å². The molecule has 0 heterocycles. The van der Waals surface area contributed by atoms with Gasteiger partial charge in [-0.3, -0.25) is 10.1 Å². The van der Waals surface area contributed by atoms with Crippen LogP contribution in [0.2, 0.25) is 5.02 Å². The minimum atomic E-state index is -3.83. The van der Waals surface area contributed by atoms with Gasteiger partial charge in [0.1, 0.15) is 4.90 Å². The zero-order valence-electron chi connectivity index (χ0n) is 9.26. The highest BCUT2D eigenvalue weighted by atomic mass is 35.5. The summed E-state index contributed by atoms with van der Waals surface area (Å²) in [5.74, 6) is 0.101. The summed E-state index contributed by atoms with van der Waals surface area (Å²) in [6, 6.07) is 2.68. The van der Waals surface area contributed by atoms with Crippen LogP contribution in [0.3, 0.4) is 0 Å². The van der Waals surface area contributed by atoms with Crippen molar-refractivity contribution >= 4 is 38.9 Å².